The van der Waals surface area contributed by atoms with Crippen molar-refractivity contribution in [1.82, 2.24) is 0 Å². The molecule has 0 aliphatic carbocycles. The zero-order valence-corrected chi connectivity index (χ0v) is 31.8. The van der Waals surface area contributed by atoms with Crippen molar-refractivity contribution in [3.05, 3.63) is 214 Å². The number of benzene rings is 8. The second-order valence-electron chi connectivity index (χ2n) is 16.0. The van der Waals surface area contributed by atoms with Crippen LogP contribution >= 0.6 is 0 Å². The van der Waals surface area contributed by atoms with Crippen LogP contribution in [0.2, 0.25) is 0 Å². The number of rotatable bonds is 4. The fourth-order valence-electron chi connectivity index (χ4n) is 9.31. The van der Waals surface area contributed by atoms with Gasteiger partial charge in [0.25, 0.3) is 0 Å². The largest absolute Gasteiger partial charge is 0.373 e. The first kappa shape index (κ1) is 32.9. The van der Waals surface area contributed by atoms with Crippen LogP contribution in [-0.4, -0.2) is 0 Å². The molecule has 0 bridgehead atoms. The standard InChI is InChI=1S/C54H40N4/c1-3-7-40-29-42(17-9-33(40)5-1)47-25-21-36-13-15-38-23-27-49(57-53(38)51(36)55-47)44-19-11-35-12-20-45(32-46(35)31-44)50-28-24-39-16-14-37-22-26-48(56-52(37)54(39)58-50)43-18-10-34-6-2-4-8-41(34)30-43/h1-32,47-50,55-58H. The summed E-state index contributed by atoms with van der Waals surface area (Å²) in [6, 6.07) is 53.6. The van der Waals surface area contributed by atoms with Crippen LogP contribution in [0, 0.1) is 0 Å². The Labute approximate surface area is 338 Å². The second kappa shape index (κ2) is 13.1. The number of nitrogens with one attached hydrogen (secondary N) is 4. The van der Waals surface area contributed by atoms with E-state index in [4.69, 9.17) is 0 Å². The van der Waals surface area contributed by atoms with Gasteiger partial charge in [-0.1, -0.05) is 170 Å². The van der Waals surface area contributed by atoms with Crippen molar-refractivity contribution in [3.8, 4) is 0 Å². The Kier molecular flexibility index (Phi) is 7.45. The van der Waals surface area contributed by atoms with Crippen LogP contribution in [-0.2, 0) is 0 Å². The molecule has 0 aromatic heterocycles. The molecular weight excluding hydrogens is 705 g/mol. The molecule has 4 aliphatic rings. The maximum Gasteiger partial charge on any atom is 0.0702 e. The summed E-state index contributed by atoms with van der Waals surface area (Å²) in [5, 5.41) is 23.2. The molecule has 4 heteroatoms. The Hall–Kier alpha value is -7.30. The highest BCUT2D eigenvalue weighted by Crippen LogP contribution is 2.45. The van der Waals surface area contributed by atoms with Crippen molar-refractivity contribution in [2.24, 2.45) is 0 Å². The number of fused-ring (bicyclic) bond motifs is 9. The molecule has 0 amide bonds. The lowest BCUT2D eigenvalue weighted by atomic mass is 9.91. The van der Waals surface area contributed by atoms with E-state index in [2.05, 4.69) is 215 Å². The first-order valence-corrected chi connectivity index (χ1v) is 20.3. The molecule has 8 aromatic carbocycles. The Bertz CT molecular complexity index is 2910. The molecule has 0 spiro atoms. The van der Waals surface area contributed by atoms with Crippen LogP contribution < -0.4 is 21.3 Å². The molecule has 0 saturated carbocycles. The van der Waals surface area contributed by atoms with E-state index >= 15 is 0 Å². The summed E-state index contributed by atoms with van der Waals surface area (Å²) in [4.78, 5) is 0. The topological polar surface area (TPSA) is 48.1 Å². The zero-order valence-electron chi connectivity index (χ0n) is 31.8. The summed E-state index contributed by atoms with van der Waals surface area (Å²) in [6.45, 7) is 0. The summed E-state index contributed by atoms with van der Waals surface area (Å²) in [5.41, 5.74) is 14.4. The molecule has 0 radical (unpaired) electrons. The lowest BCUT2D eigenvalue weighted by Crippen LogP contribution is -2.18. The van der Waals surface area contributed by atoms with Crippen molar-refractivity contribution in [1.29, 1.82) is 0 Å². The normalized spacial score (nSPS) is 19.7. The summed E-state index contributed by atoms with van der Waals surface area (Å²) < 4.78 is 0. The van der Waals surface area contributed by atoms with Gasteiger partial charge >= 0.3 is 0 Å². The van der Waals surface area contributed by atoms with Crippen molar-refractivity contribution < 1.29 is 0 Å². The Balaban J connectivity index is 0.811. The van der Waals surface area contributed by atoms with Gasteiger partial charge in [-0.2, -0.15) is 0 Å². The van der Waals surface area contributed by atoms with Gasteiger partial charge in [0, 0.05) is 0 Å². The highest BCUT2D eigenvalue weighted by molar-refractivity contribution is 5.93. The van der Waals surface area contributed by atoms with E-state index in [1.165, 1.54) is 76.8 Å². The lowest BCUT2D eigenvalue weighted by molar-refractivity contribution is 0.955. The van der Waals surface area contributed by atoms with Crippen LogP contribution in [0.5, 0.6) is 0 Å². The lowest BCUT2D eigenvalue weighted by Gasteiger charge is -2.31. The zero-order chi connectivity index (χ0) is 38.2. The molecule has 4 N–H and O–H groups in total. The van der Waals surface area contributed by atoms with E-state index in [0.29, 0.717) is 0 Å². The molecule has 4 aliphatic heterocycles. The molecule has 4 heterocycles. The monoisotopic (exact) mass is 744 g/mol. The van der Waals surface area contributed by atoms with Gasteiger partial charge in [-0.25, -0.2) is 0 Å². The fourth-order valence-corrected chi connectivity index (χ4v) is 9.31. The van der Waals surface area contributed by atoms with Gasteiger partial charge in [0.15, 0.2) is 0 Å². The molecular formula is C54H40N4. The summed E-state index contributed by atoms with van der Waals surface area (Å²) in [6.07, 6.45) is 18.2. The predicted octanol–water partition coefficient (Wildman–Crippen LogP) is 13.9. The third-order valence-electron chi connectivity index (χ3n) is 12.5. The predicted molar refractivity (Wildman–Crippen MR) is 246 cm³/mol. The summed E-state index contributed by atoms with van der Waals surface area (Å²) in [7, 11) is 0. The highest BCUT2D eigenvalue weighted by Gasteiger charge is 2.26. The molecule has 8 aromatic rings. The van der Waals surface area contributed by atoms with Crippen LogP contribution in [0.1, 0.15) is 68.7 Å². The van der Waals surface area contributed by atoms with E-state index in [9.17, 15) is 0 Å². The van der Waals surface area contributed by atoms with Gasteiger partial charge < -0.3 is 21.3 Å². The molecule has 4 unspecified atom stereocenters. The van der Waals surface area contributed by atoms with E-state index in [1.54, 1.807) is 0 Å². The van der Waals surface area contributed by atoms with Crippen LogP contribution in [0.3, 0.4) is 0 Å². The molecule has 0 saturated heterocycles. The first-order valence-electron chi connectivity index (χ1n) is 20.3. The van der Waals surface area contributed by atoms with Crippen LogP contribution in [0.25, 0.3) is 56.6 Å². The third-order valence-corrected chi connectivity index (χ3v) is 12.5. The smallest absolute Gasteiger partial charge is 0.0702 e. The second-order valence-corrected chi connectivity index (χ2v) is 16.0. The average molecular weight is 745 g/mol. The van der Waals surface area contributed by atoms with E-state index in [-0.39, 0.29) is 24.2 Å². The van der Waals surface area contributed by atoms with Crippen molar-refractivity contribution in [2.75, 3.05) is 21.3 Å². The van der Waals surface area contributed by atoms with Crippen molar-refractivity contribution in [2.45, 2.75) is 24.2 Å². The molecule has 12 rings (SSSR count). The molecule has 4 atom stereocenters. The molecule has 4 nitrogen and oxygen atoms in total. The molecule has 0 fully saturated rings. The Morgan fingerprint density at radius 3 is 0.862 bits per heavy atom. The fraction of sp³-hybridized carbons (Fsp3) is 0.0741. The maximum absolute atomic E-state index is 3.93. The van der Waals surface area contributed by atoms with Crippen molar-refractivity contribution in [3.63, 3.8) is 0 Å². The average Bonchev–Trinajstić information content (AvgIpc) is 3.30. The minimum atomic E-state index is 0.0414. The molecule has 276 valence electrons. The maximum atomic E-state index is 3.93. The number of anilines is 4. The minimum absolute atomic E-state index is 0.0414. The quantitative estimate of drug-likeness (QED) is 0.145. The van der Waals surface area contributed by atoms with Gasteiger partial charge in [-0.3, -0.25) is 0 Å². The first-order chi connectivity index (χ1) is 28.7. The number of hydrogen-bond donors (Lipinski definition) is 4. The summed E-state index contributed by atoms with van der Waals surface area (Å²) in [5.74, 6) is 0. The van der Waals surface area contributed by atoms with Gasteiger partial charge in [0.1, 0.15) is 0 Å². The van der Waals surface area contributed by atoms with E-state index in [1.807, 2.05) is 0 Å². The van der Waals surface area contributed by atoms with E-state index in [0.717, 1.165) is 22.7 Å². The Morgan fingerprint density at radius 1 is 0.259 bits per heavy atom. The van der Waals surface area contributed by atoms with Crippen molar-refractivity contribution >= 4 is 79.4 Å². The van der Waals surface area contributed by atoms with Gasteiger partial charge in [-0.15, -0.1) is 0 Å². The third kappa shape index (κ3) is 5.60. The Morgan fingerprint density at radius 2 is 0.534 bits per heavy atom. The van der Waals surface area contributed by atoms with Crippen LogP contribution in [0.4, 0.5) is 22.7 Å². The van der Waals surface area contributed by atoms with Gasteiger partial charge in [0.05, 0.1) is 46.9 Å². The summed E-state index contributed by atoms with van der Waals surface area (Å²) >= 11 is 0. The van der Waals surface area contributed by atoms with Crippen LogP contribution in [0.15, 0.2) is 170 Å². The minimum Gasteiger partial charge on any atom is -0.373 e. The van der Waals surface area contributed by atoms with Gasteiger partial charge in [0.2, 0.25) is 0 Å². The van der Waals surface area contributed by atoms with Gasteiger partial charge in [-0.05, 0) is 101 Å². The van der Waals surface area contributed by atoms with E-state index < -0.39 is 0 Å². The highest BCUT2D eigenvalue weighted by atomic mass is 15.0. The molecule has 58 heavy (non-hydrogen) atoms. The SMILES string of the molecule is C1=CC(c2ccc3ccccc3c2)Nc2c1ccc1c2NC(c2ccc3ccc(C4C=Cc5ccc6c(c5N4)NC(c4ccc5ccccc5c4)C=C6)cc3c2)C=C1. The number of hydrogen-bond acceptors (Lipinski definition) is 4.